The number of guanidine groups is 1. The Bertz CT molecular complexity index is 655. The number of nitrogens with zero attached hydrogens (tertiary/aromatic N) is 2. The SMILES string of the molecule is CN=C(NCc1ccc(OCC(C)C)cc1)NCc1ncc(C)s1.I. The molecule has 0 amide bonds. The molecule has 0 atom stereocenters. The molecule has 7 heteroatoms. The molecule has 0 aliphatic heterocycles. The van der Waals surface area contributed by atoms with Crippen molar-refractivity contribution >= 4 is 41.3 Å². The number of aliphatic imine (C=N–C) groups is 1. The number of benzene rings is 1. The minimum Gasteiger partial charge on any atom is -0.493 e. The maximum absolute atomic E-state index is 5.70. The fourth-order valence-electron chi connectivity index (χ4n) is 2.02. The molecule has 5 nitrogen and oxygen atoms in total. The fraction of sp³-hybridized carbons (Fsp3) is 0.444. The van der Waals surface area contributed by atoms with Crippen LogP contribution in [-0.2, 0) is 13.1 Å². The van der Waals surface area contributed by atoms with E-state index in [1.807, 2.05) is 18.3 Å². The lowest BCUT2D eigenvalue weighted by Gasteiger charge is -2.12. The van der Waals surface area contributed by atoms with Gasteiger partial charge in [-0.15, -0.1) is 35.3 Å². The summed E-state index contributed by atoms with van der Waals surface area (Å²) < 4.78 is 5.70. The first kappa shape index (κ1) is 21.7. The first-order valence-corrected chi connectivity index (χ1v) is 8.96. The van der Waals surface area contributed by atoms with Crippen LogP contribution in [0.25, 0.3) is 0 Å². The predicted molar refractivity (Wildman–Crippen MR) is 116 cm³/mol. The molecule has 25 heavy (non-hydrogen) atoms. The van der Waals surface area contributed by atoms with Gasteiger partial charge in [0.25, 0.3) is 0 Å². The molecule has 2 N–H and O–H groups in total. The van der Waals surface area contributed by atoms with Crippen LogP contribution in [0.3, 0.4) is 0 Å². The first-order chi connectivity index (χ1) is 11.6. The third-order valence-corrected chi connectivity index (χ3v) is 4.18. The highest BCUT2D eigenvalue weighted by atomic mass is 127. The summed E-state index contributed by atoms with van der Waals surface area (Å²) in [4.78, 5) is 9.79. The molecule has 2 rings (SSSR count). The second-order valence-electron chi connectivity index (χ2n) is 5.99. The Balaban J connectivity index is 0.00000312. The third kappa shape index (κ3) is 8.04. The van der Waals surface area contributed by atoms with E-state index in [1.165, 1.54) is 10.4 Å². The number of nitrogens with one attached hydrogen (secondary N) is 2. The first-order valence-electron chi connectivity index (χ1n) is 8.14. The van der Waals surface area contributed by atoms with Crippen molar-refractivity contribution in [3.05, 3.63) is 45.9 Å². The van der Waals surface area contributed by atoms with E-state index in [1.54, 1.807) is 18.4 Å². The van der Waals surface area contributed by atoms with E-state index in [0.717, 1.165) is 23.3 Å². The van der Waals surface area contributed by atoms with Crippen LogP contribution >= 0.6 is 35.3 Å². The van der Waals surface area contributed by atoms with E-state index in [9.17, 15) is 0 Å². The minimum absolute atomic E-state index is 0. The van der Waals surface area contributed by atoms with E-state index in [0.29, 0.717) is 19.0 Å². The summed E-state index contributed by atoms with van der Waals surface area (Å²) >= 11 is 1.69. The molecular weight excluding hydrogens is 447 g/mol. The standard InChI is InChI=1S/C18H26N4OS.HI/c1-13(2)12-23-16-7-5-15(6-8-16)10-21-18(19-4)22-11-17-20-9-14(3)24-17;/h5-9,13H,10-12H2,1-4H3,(H2,19,21,22);1H. The number of aromatic nitrogens is 1. The van der Waals surface area contributed by atoms with Gasteiger partial charge in [0.1, 0.15) is 10.8 Å². The lowest BCUT2D eigenvalue weighted by molar-refractivity contribution is 0.271. The van der Waals surface area contributed by atoms with Crippen molar-refractivity contribution in [3.63, 3.8) is 0 Å². The van der Waals surface area contributed by atoms with E-state index < -0.39 is 0 Å². The molecule has 0 bridgehead atoms. The van der Waals surface area contributed by atoms with E-state index >= 15 is 0 Å². The van der Waals surface area contributed by atoms with Crippen LogP contribution in [0.4, 0.5) is 0 Å². The van der Waals surface area contributed by atoms with Crippen LogP contribution in [-0.4, -0.2) is 24.6 Å². The number of rotatable bonds is 7. The van der Waals surface area contributed by atoms with Gasteiger partial charge < -0.3 is 15.4 Å². The van der Waals surface area contributed by atoms with Crippen molar-refractivity contribution < 1.29 is 4.74 Å². The zero-order valence-electron chi connectivity index (χ0n) is 15.2. The number of thiazole rings is 1. The number of aryl methyl sites for hydroxylation is 1. The van der Waals surface area contributed by atoms with Crippen LogP contribution in [0.15, 0.2) is 35.5 Å². The Hall–Kier alpha value is -1.35. The molecule has 0 aliphatic rings. The van der Waals surface area contributed by atoms with Gasteiger partial charge in [-0.2, -0.15) is 0 Å². The van der Waals surface area contributed by atoms with Crippen molar-refractivity contribution in [2.45, 2.75) is 33.9 Å². The number of hydrogen-bond donors (Lipinski definition) is 2. The highest BCUT2D eigenvalue weighted by molar-refractivity contribution is 14.0. The summed E-state index contributed by atoms with van der Waals surface area (Å²) in [5.41, 5.74) is 1.18. The second kappa shape index (κ2) is 11.3. The topological polar surface area (TPSA) is 58.5 Å². The average Bonchev–Trinajstić information content (AvgIpc) is 2.99. The summed E-state index contributed by atoms with van der Waals surface area (Å²) in [6.45, 7) is 8.47. The molecule has 2 aromatic rings. The van der Waals surface area contributed by atoms with Gasteiger partial charge in [-0.25, -0.2) is 4.98 Å². The van der Waals surface area contributed by atoms with Crippen molar-refractivity contribution in [2.24, 2.45) is 10.9 Å². The van der Waals surface area contributed by atoms with E-state index in [4.69, 9.17) is 4.74 Å². The number of hydrogen-bond acceptors (Lipinski definition) is 4. The van der Waals surface area contributed by atoms with Crippen molar-refractivity contribution in [2.75, 3.05) is 13.7 Å². The normalized spacial score (nSPS) is 11.2. The number of ether oxygens (including phenoxy) is 1. The Kier molecular flexibility index (Phi) is 9.81. The summed E-state index contributed by atoms with van der Waals surface area (Å²) in [6, 6.07) is 8.15. The summed E-state index contributed by atoms with van der Waals surface area (Å²) in [5.74, 6) is 2.21. The van der Waals surface area contributed by atoms with Crippen molar-refractivity contribution in [3.8, 4) is 5.75 Å². The van der Waals surface area contributed by atoms with Crippen molar-refractivity contribution in [1.82, 2.24) is 15.6 Å². The predicted octanol–water partition coefficient (Wildman–Crippen LogP) is 3.97. The molecule has 1 aromatic heterocycles. The van der Waals surface area contributed by atoms with Crippen LogP contribution in [0, 0.1) is 12.8 Å². The van der Waals surface area contributed by atoms with Gasteiger partial charge in [-0.05, 0) is 30.5 Å². The Labute approximate surface area is 171 Å². The average molecular weight is 474 g/mol. The quantitative estimate of drug-likeness (QED) is 0.362. The maximum atomic E-state index is 5.70. The van der Waals surface area contributed by atoms with Gasteiger partial charge in [0.15, 0.2) is 5.96 Å². The van der Waals surface area contributed by atoms with Gasteiger partial charge in [-0.1, -0.05) is 26.0 Å². The lowest BCUT2D eigenvalue weighted by Crippen LogP contribution is -2.36. The van der Waals surface area contributed by atoms with Gasteiger partial charge in [0, 0.05) is 24.7 Å². The molecule has 0 saturated carbocycles. The molecule has 0 aliphatic carbocycles. The third-order valence-electron chi connectivity index (χ3n) is 3.27. The largest absolute Gasteiger partial charge is 0.493 e. The van der Waals surface area contributed by atoms with E-state index in [2.05, 4.69) is 53.5 Å². The Morgan fingerprint density at radius 2 is 1.88 bits per heavy atom. The molecular formula is C18H27IN4OS. The summed E-state index contributed by atoms with van der Waals surface area (Å²) in [6.07, 6.45) is 1.89. The summed E-state index contributed by atoms with van der Waals surface area (Å²) in [7, 11) is 1.77. The number of halogens is 1. The van der Waals surface area contributed by atoms with Crippen LogP contribution in [0.5, 0.6) is 5.75 Å². The van der Waals surface area contributed by atoms with Gasteiger partial charge in [0.2, 0.25) is 0 Å². The zero-order valence-corrected chi connectivity index (χ0v) is 18.4. The molecule has 0 fully saturated rings. The molecule has 0 radical (unpaired) electrons. The van der Waals surface area contributed by atoms with Crippen LogP contribution in [0.2, 0.25) is 0 Å². The van der Waals surface area contributed by atoms with Gasteiger partial charge >= 0.3 is 0 Å². The van der Waals surface area contributed by atoms with Gasteiger partial charge in [-0.3, -0.25) is 4.99 Å². The smallest absolute Gasteiger partial charge is 0.191 e. The van der Waals surface area contributed by atoms with E-state index in [-0.39, 0.29) is 24.0 Å². The minimum atomic E-state index is 0. The molecule has 1 heterocycles. The second-order valence-corrected chi connectivity index (χ2v) is 7.31. The molecule has 1 aromatic carbocycles. The monoisotopic (exact) mass is 474 g/mol. The maximum Gasteiger partial charge on any atom is 0.191 e. The Morgan fingerprint density at radius 3 is 2.44 bits per heavy atom. The van der Waals surface area contributed by atoms with Gasteiger partial charge in [0.05, 0.1) is 13.2 Å². The molecule has 0 saturated heterocycles. The zero-order chi connectivity index (χ0) is 17.4. The van der Waals surface area contributed by atoms with Crippen LogP contribution < -0.4 is 15.4 Å². The lowest BCUT2D eigenvalue weighted by atomic mass is 10.2. The highest BCUT2D eigenvalue weighted by Crippen LogP contribution is 2.13. The van der Waals surface area contributed by atoms with Crippen LogP contribution in [0.1, 0.15) is 29.3 Å². The molecule has 0 unspecified atom stereocenters. The van der Waals surface area contributed by atoms with Crippen molar-refractivity contribution in [1.29, 1.82) is 0 Å². The Morgan fingerprint density at radius 1 is 1.20 bits per heavy atom. The fourth-order valence-corrected chi connectivity index (χ4v) is 2.74. The summed E-state index contributed by atoms with van der Waals surface area (Å²) in [5, 5.41) is 7.64. The molecule has 0 spiro atoms. The molecule has 138 valence electrons. The highest BCUT2D eigenvalue weighted by Gasteiger charge is 2.02.